The van der Waals surface area contributed by atoms with Gasteiger partial charge < -0.3 is 9.47 Å². The van der Waals surface area contributed by atoms with E-state index in [0.29, 0.717) is 6.61 Å². The maximum Gasteiger partial charge on any atom is 0.331 e. The van der Waals surface area contributed by atoms with Crippen molar-refractivity contribution in [2.24, 2.45) is 0 Å². The van der Waals surface area contributed by atoms with E-state index in [1.165, 1.54) is 6.08 Å². The summed E-state index contributed by atoms with van der Waals surface area (Å²) >= 11 is 1.61. The zero-order chi connectivity index (χ0) is 21.5. The highest BCUT2D eigenvalue weighted by Gasteiger charge is 2.02. The highest BCUT2D eigenvalue weighted by atomic mass is 32.1. The van der Waals surface area contributed by atoms with Gasteiger partial charge in [0.25, 0.3) is 0 Å². The second-order valence-corrected chi connectivity index (χ2v) is 7.84. The Morgan fingerprint density at radius 1 is 1.10 bits per heavy atom. The van der Waals surface area contributed by atoms with Crippen LogP contribution in [0.25, 0.3) is 11.8 Å². The number of thiazole rings is 1. The maximum absolute atomic E-state index is 12.0. The molecule has 156 valence electrons. The number of hydrogen-bond donors (Lipinski definition) is 0. The monoisotopic (exact) mass is 431 g/mol. The molecule has 4 rings (SSSR count). The summed E-state index contributed by atoms with van der Waals surface area (Å²) in [7, 11) is 0. The zero-order valence-corrected chi connectivity index (χ0v) is 17.8. The molecule has 0 saturated carbocycles. The van der Waals surface area contributed by atoms with Crippen LogP contribution in [-0.2, 0) is 22.7 Å². The van der Waals surface area contributed by atoms with Crippen molar-refractivity contribution in [3.8, 4) is 11.4 Å². The molecule has 0 spiro atoms. The van der Waals surface area contributed by atoms with Crippen molar-refractivity contribution >= 4 is 23.4 Å². The molecule has 0 radical (unpaired) electrons. The molecule has 2 aromatic heterocycles. The van der Waals surface area contributed by atoms with Crippen LogP contribution in [0.1, 0.15) is 21.8 Å². The number of rotatable bonds is 8. The summed E-state index contributed by atoms with van der Waals surface area (Å²) in [5.74, 6) is 0.360. The van der Waals surface area contributed by atoms with E-state index in [1.807, 2.05) is 73.1 Å². The Balaban J connectivity index is 1.24. The third kappa shape index (κ3) is 5.90. The van der Waals surface area contributed by atoms with Crippen molar-refractivity contribution in [2.45, 2.75) is 20.1 Å². The Labute approximate surface area is 184 Å². The van der Waals surface area contributed by atoms with Crippen molar-refractivity contribution in [1.29, 1.82) is 0 Å². The van der Waals surface area contributed by atoms with Crippen molar-refractivity contribution in [2.75, 3.05) is 0 Å². The SMILES string of the molecule is Cc1nc(COc2ccc(/C=C/C(=O)OCc3ccc(-n4cccn4)cc3)cc2)cs1. The largest absolute Gasteiger partial charge is 0.487 e. The average Bonchev–Trinajstić information content (AvgIpc) is 3.48. The lowest BCUT2D eigenvalue weighted by atomic mass is 10.2. The van der Waals surface area contributed by atoms with Crippen LogP contribution in [0.3, 0.4) is 0 Å². The van der Waals surface area contributed by atoms with Crippen LogP contribution >= 0.6 is 11.3 Å². The minimum atomic E-state index is -0.393. The first-order valence-electron chi connectivity index (χ1n) is 9.73. The lowest BCUT2D eigenvalue weighted by Crippen LogP contribution is -2.01. The standard InChI is InChI=1S/C24H21N3O3S/c1-18-26-21(17-31-18)16-29-23-10-5-19(6-11-23)7-12-24(28)30-15-20-3-8-22(9-4-20)27-14-2-13-25-27/h2-14,17H,15-16H2,1H3/b12-7+. The number of hydrogen-bond acceptors (Lipinski definition) is 6. The van der Waals surface area contributed by atoms with Crippen LogP contribution in [0.4, 0.5) is 0 Å². The molecule has 2 heterocycles. The molecule has 0 aliphatic heterocycles. The van der Waals surface area contributed by atoms with E-state index in [0.717, 1.165) is 33.3 Å². The summed E-state index contributed by atoms with van der Waals surface area (Å²) in [4.78, 5) is 16.4. The minimum absolute atomic E-state index is 0.214. The van der Waals surface area contributed by atoms with Crippen molar-refractivity contribution in [3.05, 3.63) is 100 Å². The molecule has 0 fully saturated rings. The van der Waals surface area contributed by atoms with Gasteiger partial charge in [-0.05, 0) is 54.5 Å². The lowest BCUT2D eigenvalue weighted by molar-refractivity contribution is -0.138. The molecule has 0 aliphatic rings. The molecule has 31 heavy (non-hydrogen) atoms. The molecule has 0 saturated heterocycles. The van der Waals surface area contributed by atoms with Gasteiger partial charge in [-0.1, -0.05) is 24.3 Å². The predicted octanol–water partition coefficient (Wildman–Crippen LogP) is 4.97. The van der Waals surface area contributed by atoms with E-state index in [9.17, 15) is 4.79 Å². The number of carbonyl (C=O) groups is 1. The predicted molar refractivity (Wildman–Crippen MR) is 120 cm³/mol. The summed E-state index contributed by atoms with van der Waals surface area (Å²) in [5.41, 5.74) is 3.67. The molecule has 6 nitrogen and oxygen atoms in total. The first-order chi connectivity index (χ1) is 15.2. The Morgan fingerprint density at radius 3 is 2.58 bits per heavy atom. The number of nitrogens with zero attached hydrogens (tertiary/aromatic N) is 3. The highest BCUT2D eigenvalue weighted by Crippen LogP contribution is 2.16. The fraction of sp³-hybridized carbons (Fsp3) is 0.125. The fourth-order valence-corrected chi connectivity index (χ4v) is 3.44. The summed E-state index contributed by atoms with van der Waals surface area (Å²) in [6.45, 7) is 2.62. The van der Waals surface area contributed by atoms with Crippen LogP contribution in [0, 0.1) is 6.92 Å². The van der Waals surface area contributed by atoms with E-state index in [4.69, 9.17) is 9.47 Å². The van der Waals surface area contributed by atoms with Crippen LogP contribution in [-0.4, -0.2) is 20.7 Å². The Hall–Kier alpha value is -3.71. The second kappa shape index (κ2) is 9.86. The summed E-state index contributed by atoms with van der Waals surface area (Å²) in [6.07, 6.45) is 6.74. The maximum atomic E-state index is 12.0. The van der Waals surface area contributed by atoms with Crippen LogP contribution < -0.4 is 4.74 Å². The average molecular weight is 432 g/mol. The quantitative estimate of drug-likeness (QED) is 0.291. The topological polar surface area (TPSA) is 66.2 Å². The number of aryl methyl sites for hydroxylation is 1. The number of benzene rings is 2. The van der Waals surface area contributed by atoms with Gasteiger partial charge >= 0.3 is 5.97 Å². The van der Waals surface area contributed by atoms with Crippen molar-refractivity contribution < 1.29 is 14.3 Å². The third-order valence-corrected chi connectivity index (χ3v) is 5.25. The molecule has 0 unspecified atom stereocenters. The van der Waals surface area contributed by atoms with E-state index >= 15 is 0 Å². The molecule has 0 aliphatic carbocycles. The number of aromatic nitrogens is 3. The molecule has 2 aromatic carbocycles. The smallest absolute Gasteiger partial charge is 0.331 e. The fourth-order valence-electron chi connectivity index (χ4n) is 2.84. The van der Waals surface area contributed by atoms with Crippen LogP contribution in [0.15, 0.2) is 78.4 Å². The molecular weight excluding hydrogens is 410 g/mol. The number of carbonyl (C=O) groups excluding carboxylic acids is 1. The van der Waals surface area contributed by atoms with Gasteiger partial charge in [0.05, 0.1) is 16.4 Å². The summed E-state index contributed by atoms with van der Waals surface area (Å²) in [6, 6.07) is 17.1. The number of ether oxygens (including phenoxy) is 2. The van der Waals surface area contributed by atoms with Gasteiger partial charge in [-0.15, -0.1) is 11.3 Å². The Bertz CT molecular complexity index is 1150. The van der Waals surface area contributed by atoms with Gasteiger partial charge in [0.15, 0.2) is 0 Å². The molecule has 0 amide bonds. The highest BCUT2D eigenvalue weighted by molar-refractivity contribution is 7.09. The molecular formula is C24H21N3O3S. The normalized spacial score (nSPS) is 11.0. The Morgan fingerprint density at radius 2 is 1.90 bits per heavy atom. The minimum Gasteiger partial charge on any atom is -0.487 e. The molecule has 4 aromatic rings. The van der Waals surface area contributed by atoms with E-state index in [-0.39, 0.29) is 6.61 Å². The van der Waals surface area contributed by atoms with Gasteiger partial charge in [-0.3, -0.25) is 0 Å². The zero-order valence-electron chi connectivity index (χ0n) is 17.0. The molecule has 7 heteroatoms. The summed E-state index contributed by atoms with van der Waals surface area (Å²) < 4.78 is 12.8. The summed E-state index contributed by atoms with van der Waals surface area (Å²) in [5, 5.41) is 7.20. The third-order valence-electron chi connectivity index (χ3n) is 4.43. The van der Waals surface area contributed by atoms with Gasteiger partial charge in [0, 0.05) is 23.8 Å². The lowest BCUT2D eigenvalue weighted by Gasteiger charge is -2.05. The van der Waals surface area contributed by atoms with Gasteiger partial charge in [0.1, 0.15) is 19.0 Å². The first kappa shape index (κ1) is 20.6. The van der Waals surface area contributed by atoms with Gasteiger partial charge in [-0.25, -0.2) is 14.5 Å². The van der Waals surface area contributed by atoms with Crippen LogP contribution in [0.5, 0.6) is 5.75 Å². The van der Waals surface area contributed by atoms with Gasteiger partial charge in [-0.2, -0.15) is 5.10 Å². The van der Waals surface area contributed by atoms with Gasteiger partial charge in [0.2, 0.25) is 0 Å². The molecule has 0 bridgehead atoms. The van der Waals surface area contributed by atoms with E-state index in [2.05, 4.69) is 10.1 Å². The van der Waals surface area contributed by atoms with Crippen molar-refractivity contribution in [1.82, 2.24) is 14.8 Å². The van der Waals surface area contributed by atoms with E-state index < -0.39 is 5.97 Å². The van der Waals surface area contributed by atoms with E-state index in [1.54, 1.807) is 28.3 Å². The molecule has 0 atom stereocenters. The second-order valence-electron chi connectivity index (χ2n) is 6.77. The number of esters is 1. The molecule has 0 N–H and O–H groups in total. The van der Waals surface area contributed by atoms with Crippen LogP contribution in [0.2, 0.25) is 0 Å². The Kier molecular flexibility index (Phi) is 6.54. The first-order valence-corrected chi connectivity index (χ1v) is 10.6. The van der Waals surface area contributed by atoms with Crippen molar-refractivity contribution in [3.63, 3.8) is 0 Å².